The van der Waals surface area contributed by atoms with Gasteiger partial charge in [0.05, 0.1) is 21.6 Å². The largest absolute Gasteiger partial charge is 0.482 e. The van der Waals surface area contributed by atoms with E-state index >= 15 is 0 Å². The van der Waals surface area contributed by atoms with Gasteiger partial charge in [0.2, 0.25) is 0 Å². The maximum absolute atomic E-state index is 6.04. The molecule has 0 bridgehead atoms. The average molecular weight is 410 g/mol. The van der Waals surface area contributed by atoms with Crippen LogP contribution in [0.2, 0.25) is 0 Å². The molecule has 0 spiro atoms. The quantitative estimate of drug-likeness (QED) is 0.342. The van der Waals surface area contributed by atoms with Gasteiger partial charge in [-0.2, -0.15) is 0 Å². The minimum atomic E-state index is 0.450. The predicted molar refractivity (Wildman–Crippen MR) is 104 cm³/mol. The first-order chi connectivity index (χ1) is 11.2. The van der Waals surface area contributed by atoms with Crippen molar-refractivity contribution in [3.63, 3.8) is 0 Å². The highest BCUT2D eigenvalue weighted by Gasteiger charge is 2.08. The molecule has 0 aliphatic rings. The van der Waals surface area contributed by atoms with Crippen LogP contribution < -0.4 is 15.8 Å². The number of rotatable bonds is 6. The molecule has 1 aromatic heterocycles. The molecule has 3 N–H and O–H groups in total. The fourth-order valence-electron chi connectivity index (χ4n) is 2.25. The Morgan fingerprint density at radius 3 is 3.00 bits per heavy atom. The third-order valence-corrected chi connectivity index (χ3v) is 5.61. The number of fused-ring (bicyclic) bond motifs is 1. The smallest absolute Gasteiger partial charge is 0.150 e. The molecule has 0 atom stereocenters. The molecule has 0 saturated carbocycles. The molecule has 0 fully saturated rings. The van der Waals surface area contributed by atoms with Crippen molar-refractivity contribution < 1.29 is 4.74 Å². The molecule has 120 valence electrons. The van der Waals surface area contributed by atoms with Crippen LogP contribution in [0.15, 0.2) is 40.7 Å². The fourth-order valence-corrected chi connectivity index (χ4v) is 4.04. The van der Waals surface area contributed by atoms with Crippen LogP contribution >= 0.6 is 39.0 Å². The number of aromatic nitrogens is 1. The van der Waals surface area contributed by atoms with Crippen molar-refractivity contribution in [1.82, 2.24) is 4.98 Å². The number of nitrogens with zero attached hydrogens (tertiary/aromatic N) is 1. The summed E-state index contributed by atoms with van der Waals surface area (Å²) >= 11 is 6.65. The maximum atomic E-state index is 6.04. The topological polar surface area (TPSA) is 60.2 Å². The van der Waals surface area contributed by atoms with Crippen molar-refractivity contribution >= 4 is 60.6 Å². The molecular formula is C16H16BrN3OS2. The van der Waals surface area contributed by atoms with E-state index in [1.807, 2.05) is 24.5 Å². The zero-order chi connectivity index (χ0) is 16.2. The molecule has 2 aromatic carbocycles. The molecule has 0 unspecified atom stereocenters. The Balaban J connectivity index is 1.83. The lowest BCUT2D eigenvalue weighted by Crippen LogP contribution is -2.03. The maximum Gasteiger partial charge on any atom is 0.150 e. The molecular weight excluding hydrogens is 394 g/mol. The monoisotopic (exact) mass is 409 g/mol. The molecule has 0 aliphatic heterocycles. The second-order valence-corrected chi connectivity index (χ2v) is 7.35. The molecule has 0 radical (unpaired) electrons. The van der Waals surface area contributed by atoms with Gasteiger partial charge in [0.15, 0.2) is 4.34 Å². The summed E-state index contributed by atoms with van der Waals surface area (Å²) in [5.41, 5.74) is 10.3. The molecule has 0 saturated heterocycles. The Kier molecular flexibility index (Phi) is 5.30. The minimum Gasteiger partial charge on any atom is -0.482 e. The van der Waals surface area contributed by atoms with Gasteiger partial charge in [-0.3, -0.25) is 0 Å². The summed E-state index contributed by atoms with van der Waals surface area (Å²) in [5, 5.41) is 3.38. The van der Waals surface area contributed by atoms with Crippen molar-refractivity contribution in [2.24, 2.45) is 0 Å². The highest BCUT2D eigenvalue weighted by Crippen LogP contribution is 2.31. The van der Waals surface area contributed by atoms with Crippen LogP contribution in [0, 0.1) is 0 Å². The molecule has 3 aromatic rings. The van der Waals surface area contributed by atoms with Gasteiger partial charge >= 0.3 is 0 Å². The van der Waals surface area contributed by atoms with E-state index in [-0.39, 0.29) is 0 Å². The number of nitrogens with one attached hydrogen (secondary N) is 1. The van der Waals surface area contributed by atoms with Crippen molar-refractivity contribution in [3.8, 4) is 5.75 Å². The number of ether oxygens (including phenoxy) is 1. The lowest BCUT2D eigenvalue weighted by molar-refractivity contribution is 0.398. The number of nitrogens with two attached hydrogens (primary N) is 1. The summed E-state index contributed by atoms with van der Waals surface area (Å²) < 4.78 is 7.74. The van der Waals surface area contributed by atoms with Crippen molar-refractivity contribution in [2.45, 2.75) is 10.9 Å². The number of hydrogen-bond donors (Lipinski definition) is 2. The highest BCUT2D eigenvalue weighted by molar-refractivity contribution is 9.09. The van der Waals surface area contributed by atoms with E-state index in [2.05, 4.69) is 39.4 Å². The summed E-state index contributed by atoms with van der Waals surface area (Å²) in [7, 11) is 0. The molecule has 0 amide bonds. The number of anilines is 2. The first-order valence-corrected chi connectivity index (χ1v) is 10.1. The number of thioether (sulfide) groups is 1. The molecule has 0 aliphatic carbocycles. The van der Waals surface area contributed by atoms with Crippen molar-refractivity contribution in [2.75, 3.05) is 22.8 Å². The SMILES string of the molecule is CSc1nc2c(CNc3cc(OCBr)ccc3N)cccc2s1. The third kappa shape index (κ3) is 3.73. The average Bonchev–Trinajstić information content (AvgIpc) is 2.99. The van der Waals surface area contributed by atoms with Gasteiger partial charge in [-0.25, -0.2) is 4.98 Å². The highest BCUT2D eigenvalue weighted by atomic mass is 79.9. The fraction of sp³-hybridized carbons (Fsp3) is 0.188. The van der Waals surface area contributed by atoms with Crippen LogP contribution in [0.5, 0.6) is 5.75 Å². The number of para-hydroxylation sites is 1. The Morgan fingerprint density at radius 1 is 1.35 bits per heavy atom. The predicted octanol–water partition coefficient (Wildman–Crippen LogP) is 4.94. The Bertz CT molecular complexity index is 822. The standard InChI is InChI=1S/C16H16BrN3OS2/c1-22-16-20-15-10(3-2-4-14(15)23-16)8-19-13-7-11(21-9-17)5-6-12(13)18/h2-7,19H,8-9,18H2,1H3. The van der Waals surface area contributed by atoms with Crippen LogP contribution in [0.3, 0.4) is 0 Å². The van der Waals surface area contributed by atoms with Crippen molar-refractivity contribution in [1.29, 1.82) is 0 Å². The van der Waals surface area contributed by atoms with Gasteiger partial charge in [0.25, 0.3) is 0 Å². The Labute approximate surface area is 151 Å². The van der Waals surface area contributed by atoms with E-state index in [4.69, 9.17) is 15.5 Å². The zero-order valence-electron chi connectivity index (χ0n) is 12.5. The lowest BCUT2D eigenvalue weighted by atomic mass is 10.2. The summed E-state index contributed by atoms with van der Waals surface area (Å²) in [5.74, 6) is 0.773. The zero-order valence-corrected chi connectivity index (χ0v) is 15.7. The van der Waals surface area contributed by atoms with Crippen LogP contribution in [-0.4, -0.2) is 16.8 Å². The number of benzene rings is 2. The van der Waals surface area contributed by atoms with E-state index in [0.29, 0.717) is 17.7 Å². The van der Waals surface area contributed by atoms with E-state index in [1.54, 1.807) is 23.1 Å². The summed E-state index contributed by atoms with van der Waals surface area (Å²) in [6, 6.07) is 11.9. The summed E-state index contributed by atoms with van der Waals surface area (Å²) in [4.78, 5) is 4.69. The Hall–Kier alpha value is -1.44. The molecule has 7 heteroatoms. The third-order valence-electron chi connectivity index (χ3n) is 3.37. The van der Waals surface area contributed by atoms with E-state index in [9.17, 15) is 0 Å². The molecule has 3 rings (SSSR count). The Morgan fingerprint density at radius 2 is 2.22 bits per heavy atom. The number of nitrogen functional groups attached to an aromatic ring is 1. The van der Waals surface area contributed by atoms with Gasteiger partial charge in [0.1, 0.15) is 11.3 Å². The first kappa shape index (κ1) is 16.4. The molecule has 23 heavy (non-hydrogen) atoms. The number of alkyl halides is 1. The number of halogens is 1. The summed E-state index contributed by atoms with van der Waals surface area (Å²) in [6.45, 7) is 0.664. The molecule has 4 nitrogen and oxygen atoms in total. The minimum absolute atomic E-state index is 0.450. The summed E-state index contributed by atoms with van der Waals surface area (Å²) in [6.07, 6.45) is 2.05. The van der Waals surface area contributed by atoms with Gasteiger partial charge in [0, 0.05) is 12.6 Å². The van der Waals surface area contributed by atoms with Gasteiger partial charge in [-0.1, -0.05) is 23.9 Å². The van der Waals surface area contributed by atoms with Crippen LogP contribution in [-0.2, 0) is 6.54 Å². The lowest BCUT2D eigenvalue weighted by Gasteiger charge is -2.12. The molecule has 1 heterocycles. The second kappa shape index (κ2) is 7.42. The van der Waals surface area contributed by atoms with Crippen LogP contribution in [0.4, 0.5) is 11.4 Å². The number of thiazole rings is 1. The van der Waals surface area contributed by atoms with Crippen LogP contribution in [0.25, 0.3) is 10.2 Å². The van der Waals surface area contributed by atoms with E-state index < -0.39 is 0 Å². The van der Waals surface area contributed by atoms with Crippen molar-refractivity contribution in [3.05, 3.63) is 42.0 Å². The first-order valence-electron chi connectivity index (χ1n) is 6.96. The van der Waals surface area contributed by atoms with E-state index in [1.165, 1.54) is 4.70 Å². The second-order valence-electron chi connectivity index (χ2n) is 4.80. The van der Waals surface area contributed by atoms with E-state index in [0.717, 1.165) is 26.9 Å². The number of hydrogen-bond acceptors (Lipinski definition) is 6. The van der Waals surface area contributed by atoms with Gasteiger partial charge in [-0.05, 0) is 45.9 Å². The van der Waals surface area contributed by atoms with Gasteiger partial charge in [-0.15, -0.1) is 11.3 Å². The normalized spacial score (nSPS) is 10.9. The van der Waals surface area contributed by atoms with Crippen LogP contribution in [0.1, 0.15) is 5.56 Å². The van der Waals surface area contributed by atoms with Gasteiger partial charge < -0.3 is 15.8 Å².